The molecule has 0 amide bonds. The third-order valence-corrected chi connectivity index (χ3v) is 1.17. The molecule has 0 aliphatic carbocycles. The van der Waals surface area contributed by atoms with Gasteiger partial charge in [-0.1, -0.05) is 34.2 Å². The Morgan fingerprint density at radius 3 is 2.50 bits per heavy atom. The second kappa shape index (κ2) is 6.96. The fraction of sp³-hybridized carbons (Fsp3) is 0.429. The second-order valence-electron chi connectivity index (χ2n) is 1.49. The molecule has 0 bridgehead atoms. The van der Waals surface area contributed by atoms with E-state index in [4.69, 9.17) is 0 Å². The lowest BCUT2D eigenvalue weighted by Crippen LogP contribution is -1.63. The maximum atomic E-state index is 3.61. The standard InChI is InChI=1S/C7H11Br/c1-2-3-4-5-6-7-8/h2,5-6H,1,3-4,7H2. The number of hydrogen-bond acceptors (Lipinski definition) is 0. The molecule has 0 saturated carbocycles. The highest BCUT2D eigenvalue weighted by Crippen LogP contribution is 1.91. The first-order valence-corrected chi connectivity index (χ1v) is 3.86. The zero-order valence-electron chi connectivity index (χ0n) is 4.94. The summed E-state index contributed by atoms with van der Waals surface area (Å²) in [5, 5.41) is 0.962. The molecule has 0 aliphatic rings. The highest BCUT2D eigenvalue weighted by Gasteiger charge is 1.71. The quantitative estimate of drug-likeness (QED) is 0.350. The lowest BCUT2D eigenvalue weighted by atomic mass is 10.3. The van der Waals surface area contributed by atoms with Crippen LogP contribution >= 0.6 is 15.9 Å². The first kappa shape index (κ1) is 7.96. The van der Waals surface area contributed by atoms with Crippen LogP contribution in [0.2, 0.25) is 0 Å². The number of alkyl halides is 1. The van der Waals surface area contributed by atoms with Crippen LogP contribution in [0, 0.1) is 0 Å². The molecule has 8 heavy (non-hydrogen) atoms. The van der Waals surface area contributed by atoms with Crippen molar-refractivity contribution in [3.05, 3.63) is 24.8 Å². The van der Waals surface area contributed by atoms with Crippen LogP contribution < -0.4 is 0 Å². The van der Waals surface area contributed by atoms with Crippen molar-refractivity contribution in [2.45, 2.75) is 12.8 Å². The molecular weight excluding hydrogens is 164 g/mol. The topological polar surface area (TPSA) is 0 Å². The summed E-state index contributed by atoms with van der Waals surface area (Å²) in [6, 6.07) is 0. The summed E-state index contributed by atoms with van der Waals surface area (Å²) in [6.45, 7) is 3.61. The van der Waals surface area contributed by atoms with Crippen LogP contribution in [0.25, 0.3) is 0 Å². The Kier molecular flexibility index (Phi) is 6.93. The van der Waals surface area contributed by atoms with E-state index in [1.165, 1.54) is 0 Å². The molecule has 0 aliphatic heterocycles. The fourth-order valence-corrected chi connectivity index (χ4v) is 0.659. The van der Waals surface area contributed by atoms with Crippen molar-refractivity contribution < 1.29 is 0 Å². The minimum atomic E-state index is 0.962. The van der Waals surface area contributed by atoms with E-state index in [0.29, 0.717) is 0 Å². The van der Waals surface area contributed by atoms with Gasteiger partial charge in [0, 0.05) is 5.33 Å². The van der Waals surface area contributed by atoms with Gasteiger partial charge in [-0.2, -0.15) is 0 Å². The Morgan fingerprint density at radius 2 is 2.00 bits per heavy atom. The molecule has 0 N–H and O–H groups in total. The van der Waals surface area contributed by atoms with Crippen molar-refractivity contribution in [2.24, 2.45) is 0 Å². The minimum Gasteiger partial charge on any atom is -0.103 e. The van der Waals surface area contributed by atoms with Crippen LogP contribution in [0.5, 0.6) is 0 Å². The summed E-state index contributed by atoms with van der Waals surface area (Å²) >= 11 is 3.29. The molecule has 0 aromatic heterocycles. The SMILES string of the molecule is C=CCCC=CCBr. The van der Waals surface area contributed by atoms with Crippen LogP contribution in [0.1, 0.15) is 12.8 Å². The van der Waals surface area contributed by atoms with Gasteiger partial charge in [0.25, 0.3) is 0 Å². The minimum absolute atomic E-state index is 0.962. The van der Waals surface area contributed by atoms with Crippen molar-refractivity contribution >= 4 is 15.9 Å². The third kappa shape index (κ3) is 5.96. The molecule has 0 spiro atoms. The molecule has 46 valence electrons. The van der Waals surface area contributed by atoms with Crippen LogP contribution in [-0.4, -0.2) is 5.33 Å². The van der Waals surface area contributed by atoms with Crippen LogP contribution in [0.3, 0.4) is 0 Å². The Morgan fingerprint density at radius 1 is 1.25 bits per heavy atom. The number of hydrogen-bond donors (Lipinski definition) is 0. The van der Waals surface area contributed by atoms with E-state index >= 15 is 0 Å². The predicted octanol–water partition coefficient (Wildman–Crippen LogP) is 2.90. The first-order valence-electron chi connectivity index (χ1n) is 2.73. The Hall–Kier alpha value is -0.0400. The summed E-state index contributed by atoms with van der Waals surface area (Å²) in [4.78, 5) is 0. The van der Waals surface area contributed by atoms with Gasteiger partial charge in [-0.15, -0.1) is 6.58 Å². The van der Waals surface area contributed by atoms with E-state index in [0.717, 1.165) is 18.2 Å². The van der Waals surface area contributed by atoms with Gasteiger partial charge in [-0.25, -0.2) is 0 Å². The molecule has 0 fully saturated rings. The van der Waals surface area contributed by atoms with E-state index in [-0.39, 0.29) is 0 Å². The highest BCUT2D eigenvalue weighted by atomic mass is 79.9. The Labute approximate surface area is 59.4 Å². The van der Waals surface area contributed by atoms with E-state index in [1.54, 1.807) is 0 Å². The molecule has 0 heterocycles. The largest absolute Gasteiger partial charge is 0.103 e. The van der Waals surface area contributed by atoms with Gasteiger partial charge in [0.2, 0.25) is 0 Å². The van der Waals surface area contributed by atoms with Gasteiger partial charge in [0.05, 0.1) is 0 Å². The average molecular weight is 175 g/mol. The molecule has 0 saturated heterocycles. The molecule has 0 rings (SSSR count). The van der Waals surface area contributed by atoms with Gasteiger partial charge in [-0.05, 0) is 12.8 Å². The first-order chi connectivity index (χ1) is 3.91. The van der Waals surface area contributed by atoms with Crippen molar-refractivity contribution in [1.29, 1.82) is 0 Å². The molecule has 1 heteroatoms. The van der Waals surface area contributed by atoms with Crippen molar-refractivity contribution in [2.75, 3.05) is 5.33 Å². The maximum Gasteiger partial charge on any atom is 0.0212 e. The maximum absolute atomic E-state index is 3.61. The Bertz CT molecular complexity index is 74.5. The van der Waals surface area contributed by atoms with E-state index in [1.807, 2.05) is 6.08 Å². The van der Waals surface area contributed by atoms with Crippen molar-refractivity contribution in [3.8, 4) is 0 Å². The predicted molar refractivity (Wildman–Crippen MR) is 42.4 cm³/mol. The third-order valence-electron chi connectivity index (χ3n) is 0.793. The van der Waals surface area contributed by atoms with Gasteiger partial charge in [0.1, 0.15) is 0 Å². The van der Waals surface area contributed by atoms with Crippen LogP contribution in [-0.2, 0) is 0 Å². The monoisotopic (exact) mass is 174 g/mol. The number of allylic oxidation sites excluding steroid dienone is 3. The molecular formula is C7H11Br. The van der Waals surface area contributed by atoms with Crippen molar-refractivity contribution in [1.82, 2.24) is 0 Å². The molecule has 0 nitrogen and oxygen atoms in total. The summed E-state index contributed by atoms with van der Waals surface area (Å²) in [6.07, 6.45) is 8.39. The molecule has 0 aromatic carbocycles. The molecule has 0 atom stereocenters. The fourth-order valence-electron chi connectivity index (χ4n) is 0.395. The van der Waals surface area contributed by atoms with Crippen LogP contribution in [0.4, 0.5) is 0 Å². The zero-order chi connectivity index (χ0) is 6.24. The van der Waals surface area contributed by atoms with E-state index in [2.05, 4.69) is 34.7 Å². The van der Waals surface area contributed by atoms with E-state index < -0.39 is 0 Å². The van der Waals surface area contributed by atoms with Crippen LogP contribution in [0.15, 0.2) is 24.8 Å². The van der Waals surface area contributed by atoms with Gasteiger partial charge >= 0.3 is 0 Å². The number of rotatable bonds is 4. The number of halogens is 1. The van der Waals surface area contributed by atoms with Gasteiger partial charge < -0.3 is 0 Å². The van der Waals surface area contributed by atoms with E-state index in [9.17, 15) is 0 Å². The summed E-state index contributed by atoms with van der Waals surface area (Å²) < 4.78 is 0. The average Bonchev–Trinajstić information content (AvgIpc) is 1.81. The molecule has 0 radical (unpaired) electrons. The lowest BCUT2D eigenvalue weighted by molar-refractivity contribution is 1.05. The number of unbranched alkanes of at least 4 members (excludes halogenated alkanes) is 1. The summed E-state index contributed by atoms with van der Waals surface area (Å²) in [5.74, 6) is 0. The molecule has 0 aromatic rings. The van der Waals surface area contributed by atoms with Crippen molar-refractivity contribution in [3.63, 3.8) is 0 Å². The summed E-state index contributed by atoms with van der Waals surface area (Å²) in [7, 11) is 0. The highest BCUT2D eigenvalue weighted by molar-refractivity contribution is 9.09. The molecule has 0 unspecified atom stereocenters. The van der Waals surface area contributed by atoms with Gasteiger partial charge in [0.15, 0.2) is 0 Å². The second-order valence-corrected chi connectivity index (χ2v) is 2.14. The Balaban J connectivity index is 2.90. The smallest absolute Gasteiger partial charge is 0.0212 e. The summed E-state index contributed by atoms with van der Waals surface area (Å²) in [5.41, 5.74) is 0. The normalized spacial score (nSPS) is 10.1. The van der Waals surface area contributed by atoms with Gasteiger partial charge in [-0.3, -0.25) is 0 Å². The zero-order valence-corrected chi connectivity index (χ0v) is 6.52. The lowest BCUT2D eigenvalue weighted by Gasteiger charge is -1.81.